The Labute approximate surface area is 181 Å². The van der Waals surface area contributed by atoms with E-state index in [-0.39, 0.29) is 17.2 Å². The number of sulfone groups is 1. The number of amides is 1. The summed E-state index contributed by atoms with van der Waals surface area (Å²) in [5, 5.41) is 2.45. The minimum Gasteiger partial charge on any atom is -0.284 e. The molecule has 0 fully saturated rings. The summed E-state index contributed by atoms with van der Waals surface area (Å²) >= 11 is 1.37. The molecule has 1 aromatic heterocycles. The zero-order valence-corrected chi connectivity index (χ0v) is 18.9. The first-order chi connectivity index (χ1) is 14.2. The molecule has 1 heterocycles. The zero-order chi connectivity index (χ0) is 21.9. The predicted octanol–water partition coefficient (Wildman–Crippen LogP) is 4.59. The van der Waals surface area contributed by atoms with Crippen LogP contribution in [0.4, 0.5) is 5.13 Å². The van der Waals surface area contributed by atoms with Crippen LogP contribution in [0.3, 0.4) is 0 Å². The van der Waals surface area contributed by atoms with Crippen molar-refractivity contribution in [1.82, 2.24) is 4.98 Å². The molecule has 30 heavy (non-hydrogen) atoms. The summed E-state index contributed by atoms with van der Waals surface area (Å²) in [5.74, 6) is -0.0496. The normalized spacial score (nSPS) is 11.3. The average molecular weight is 441 g/mol. The molecule has 3 aromatic rings. The fourth-order valence-corrected chi connectivity index (χ4v) is 4.48. The lowest BCUT2D eigenvalue weighted by Crippen LogP contribution is -2.32. The Morgan fingerprint density at radius 1 is 1.13 bits per heavy atom. The molecule has 0 atom stereocenters. The lowest BCUT2D eigenvalue weighted by Gasteiger charge is -2.18. The smallest absolute Gasteiger partial charge is 0.233 e. The summed E-state index contributed by atoms with van der Waals surface area (Å²) in [6, 6.07) is 12.6. The van der Waals surface area contributed by atoms with Gasteiger partial charge in [-0.2, -0.15) is 0 Å². The Hall–Kier alpha value is -2.77. The number of nitrogens with zero attached hydrogens (tertiary/aromatic N) is 2. The number of aromatic nitrogens is 1. The van der Waals surface area contributed by atoms with Crippen LogP contribution in [0.5, 0.6) is 0 Å². The highest BCUT2D eigenvalue weighted by Crippen LogP contribution is 2.29. The van der Waals surface area contributed by atoms with E-state index in [0.29, 0.717) is 17.4 Å². The molecule has 0 aliphatic carbocycles. The first kappa shape index (κ1) is 21.9. The second-order valence-corrected chi connectivity index (χ2v) is 10.1. The Kier molecular flexibility index (Phi) is 6.53. The van der Waals surface area contributed by atoms with Crippen molar-refractivity contribution >= 4 is 32.2 Å². The fraction of sp³-hybridized carbons (Fsp3) is 0.217. The Balaban J connectivity index is 1.83. The van der Waals surface area contributed by atoms with Crippen LogP contribution in [0, 0.1) is 13.8 Å². The van der Waals surface area contributed by atoms with E-state index in [1.54, 1.807) is 35.2 Å². The predicted molar refractivity (Wildman–Crippen MR) is 123 cm³/mol. The summed E-state index contributed by atoms with van der Waals surface area (Å²) in [7, 11) is -3.25. The fourth-order valence-electron chi connectivity index (χ4n) is 2.99. The van der Waals surface area contributed by atoms with E-state index in [0.717, 1.165) is 16.7 Å². The van der Waals surface area contributed by atoms with Crippen LogP contribution in [0.2, 0.25) is 0 Å². The third-order valence-corrected chi connectivity index (χ3v) is 6.83. The lowest BCUT2D eigenvalue weighted by molar-refractivity contribution is -0.117. The largest absolute Gasteiger partial charge is 0.284 e. The quantitative estimate of drug-likeness (QED) is 0.504. The van der Waals surface area contributed by atoms with Crippen molar-refractivity contribution in [3.63, 3.8) is 0 Å². The summed E-state index contributed by atoms with van der Waals surface area (Å²) < 4.78 is 23.3. The first-order valence-corrected chi connectivity index (χ1v) is 12.2. The first-order valence-electron chi connectivity index (χ1n) is 9.42. The molecule has 156 valence electrons. The van der Waals surface area contributed by atoms with Crippen LogP contribution >= 0.6 is 11.3 Å². The van der Waals surface area contributed by atoms with E-state index < -0.39 is 9.84 Å². The topological polar surface area (TPSA) is 67.3 Å². The number of benzene rings is 2. The van der Waals surface area contributed by atoms with Gasteiger partial charge in [0.15, 0.2) is 15.0 Å². The van der Waals surface area contributed by atoms with E-state index >= 15 is 0 Å². The van der Waals surface area contributed by atoms with Gasteiger partial charge < -0.3 is 0 Å². The van der Waals surface area contributed by atoms with Gasteiger partial charge in [0.25, 0.3) is 0 Å². The summed E-state index contributed by atoms with van der Waals surface area (Å²) in [6.45, 7) is 8.21. The molecule has 0 radical (unpaired) electrons. The number of carbonyl (C=O) groups is 1. The Morgan fingerprint density at radius 3 is 2.43 bits per heavy atom. The van der Waals surface area contributed by atoms with Gasteiger partial charge in [0.1, 0.15) is 0 Å². The molecule has 0 saturated carbocycles. The minimum absolute atomic E-state index is 0.0496. The highest BCUT2D eigenvalue weighted by atomic mass is 32.2. The monoisotopic (exact) mass is 440 g/mol. The van der Waals surface area contributed by atoms with E-state index in [9.17, 15) is 13.2 Å². The molecule has 0 bridgehead atoms. The van der Waals surface area contributed by atoms with Crippen molar-refractivity contribution in [3.05, 3.63) is 77.2 Å². The van der Waals surface area contributed by atoms with Gasteiger partial charge >= 0.3 is 0 Å². The molecular weight excluding hydrogens is 416 g/mol. The van der Waals surface area contributed by atoms with Gasteiger partial charge in [-0.25, -0.2) is 13.4 Å². The third-order valence-electron chi connectivity index (χ3n) is 4.84. The molecule has 0 aliphatic rings. The minimum atomic E-state index is -3.25. The summed E-state index contributed by atoms with van der Waals surface area (Å²) in [4.78, 5) is 19.5. The number of rotatable bonds is 7. The van der Waals surface area contributed by atoms with Crippen LogP contribution in [0.25, 0.3) is 11.3 Å². The van der Waals surface area contributed by atoms with Crippen molar-refractivity contribution in [2.45, 2.75) is 25.2 Å². The zero-order valence-electron chi connectivity index (χ0n) is 17.3. The second kappa shape index (κ2) is 8.93. The van der Waals surface area contributed by atoms with Gasteiger partial charge in [-0.3, -0.25) is 9.69 Å². The highest BCUT2D eigenvalue weighted by molar-refractivity contribution is 7.90. The number of hydrogen-bond acceptors (Lipinski definition) is 5. The number of hydrogen-bond donors (Lipinski definition) is 0. The van der Waals surface area contributed by atoms with Crippen LogP contribution in [-0.2, 0) is 21.1 Å². The molecule has 0 spiro atoms. The third kappa shape index (κ3) is 5.04. The molecule has 2 aromatic carbocycles. The van der Waals surface area contributed by atoms with Crippen molar-refractivity contribution in [1.29, 1.82) is 0 Å². The maximum Gasteiger partial charge on any atom is 0.233 e. The molecule has 5 nitrogen and oxygen atoms in total. The van der Waals surface area contributed by atoms with E-state index in [4.69, 9.17) is 0 Å². The molecule has 7 heteroatoms. The van der Waals surface area contributed by atoms with E-state index in [1.807, 2.05) is 37.4 Å². The maximum absolute atomic E-state index is 13.0. The van der Waals surface area contributed by atoms with E-state index in [2.05, 4.69) is 11.6 Å². The summed E-state index contributed by atoms with van der Waals surface area (Å²) in [5.41, 5.74) is 4.81. The van der Waals surface area contributed by atoms with Crippen LogP contribution < -0.4 is 4.90 Å². The molecule has 0 saturated heterocycles. The molecule has 1 amide bonds. The lowest BCUT2D eigenvalue weighted by atomic mass is 10.0. The van der Waals surface area contributed by atoms with Gasteiger partial charge in [0.2, 0.25) is 5.91 Å². The molecule has 3 rings (SSSR count). The van der Waals surface area contributed by atoms with Crippen molar-refractivity contribution in [3.8, 4) is 11.3 Å². The van der Waals surface area contributed by atoms with Gasteiger partial charge in [-0.15, -0.1) is 17.9 Å². The number of aryl methyl sites for hydroxylation is 2. The number of thiazole rings is 1. The van der Waals surface area contributed by atoms with Gasteiger partial charge in [0.05, 0.1) is 17.0 Å². The molecule has 0 aliphatic heterocycles. The summed E-state index contributed by atoms with van der Waals surface area (Å²) in [6.07, 6.45) is 3.14. The molecule has 0 unspecified atom stereocenters. The van der Waals surface area contributed by atoms with Gasteiger partial charge in [-0.05, 0) is 42.7 Å². The van der Waals surface area contributed by atoms with Crippen LogP contribution in [0.1, 0.15) is 16.7 Å². The van der Waals surface area contributed by atoms with E-state index in [1.165, 1.54) is 23.2 Å². The maximum atomic E-state index is 13.0. The standard InChI is InChI=1S/C23H24N2O3S2/c1-5-12-25(22(26)14-18-7-6-16(2)17(3)13-18)23-24-21(15-29-23)19-8-10-20(11-9-19)30(4,27)28/h5-11,13,15H,1,12,14H2,2-4H3. The average Bonchev–Trinajstić information content (AvgIpc) is 3.18. The molecule has 0 N–H and O–H groups in total. The highest BCUT2D eigenvalue weighted by Gasteiger charge is 2.19. The number of anilines is 1. The molecular formula is C23H24N2O3S2. The SMILES string of the molecule is C=CCN(C(=O)Cc1ccc(C)c(C)c1)c1nc(-c2ccc(S(C)(=O)=O)cc2)cs1. The van der Waals surface area contributed by atoms with Crippen LogP contribution in [0.15, 0.2) is 65.4 Å². The Bertz CT molecular complexity index is 1180. The van der Waals surface area contributed by atoms with Gasteiger partial charge in [-0.1, -0.05) is 36.4 Å². The second-order valence-electron chi connectivity index (χ2n) is 7.20. The van der Waals surface area contributed by atoms with Crippen molar-refractivity contribution < 1.29 is 13.2 Å². The van der Waals surface area contributed by atoms with Crippen molar-refractivity contribution in [2.75, 3.05) is 17.7 Å². The van der Waals surface area contributed by atoms with Crippen LogP contribution in [-0.4, -0.2) is 32.1 Å². The number of carbonyl (C=O) groups excluding carboxylic acids is 1. The Morgan fingerprint density at radius 2 is 1.83 bits per heavy atom. The van der Waals surface area contributed by atoms with Crippen molar-refractivity contribution in [2.24, 2.45) is 0 Å². The van der Waals surface area contributed by atoms with Gasteiger partial charge in [0, 0.05) is 23.7 Å².